The highest BCUT2D eigenvalue weighted by Gasteiger charge is 2.44. The van der Waals surface area contributed by atoms with Crippen molar-refractivity contribution in [2.45, 2.75) is 12.0 Å². The Balaban J connectivity index is 1.42. The molecule has 0 radical (unpaired) electrons. The van der Waals surface area contributed by atoms with E-state index in [1.165, 1.54) is 0 Å². The molecule has 2 atom stereocenters. The molecule has 6 nitrogen and oxygen atoms in total. The van der Waals surface area contributed by atoms with Gasteiger partial charge in [-0.1, -0.05) is 30.3 Å². The van der Waals surface area contributed by atoms with Crippen molar-refractivity contribution in [1.82, 2.24) is 9.80 Å². The van der Waals surface area contributed by atoms with Gasteiger partial charge in [0.2, 0.25) is 5.91 Å². The smallest absolute Gasteiger partial charge is 0.254 e. The highest BCUT2D eigenvalue weighted by molar-refractivity contribution is 7.10. The molecule has 2 aliphatic heterocycles. The van der Waals surface area contributed by atoms with E-state index in [9.17, 15) is 9.59 Å². The van der Waals surface area contributed by atoms with E-state index >= 15 is 0 Å². The van der Waals surface area contributed by atoms with Crippen LogP contribution in [0.4, 0.5) is 5.69 Å². The molecule has 2 amide bonds. The molecule has 1 saturated heterocycles. The Kier molecular flexibility index (Phi) is 5.81. The number of hydrogen-bond donors (Lipinski definition) is 0. The largest absolute Gasteiger partial charge is 0.497 e. The van der Waals surface area contributed by atoms with Crippen molar-refractivity contribution in [3.63, 3.8) is 0 Å². The molecule has 1 fully saturated rings. The number of thiophene rings is 1. The van der Waals surface area contributed by atoms with Crippen molar-refractivity contribution in [2.75, 3.05) is 45.2 Å². The van der Waals surface area contributed by atoms with Crippen LogP contribution in [0.3, 0.4) is 0 Å². The van der Waals surface area contributed by atoms with Crippen LogP contribution in [0, 0.1) is 0 Å². The SMILES string of the molecule is COc1cccc(N2CCN(C(=O)[C@@H]3c4ccccc4C(=O)N(C)[C@H]3c3cccs3)CC2)c1. The normalized spacial score (nSPS) is 20.5. The van der Waals surface area contributed by atoms with Crippen LogP contribution in [-0.2, 0) is 4.79 Å². The lowest BCUT2D eigenvalue weighted by atomic mass is 9.81. The Labute approximate surface area is 198 Å². The van der Waals surface area contributed by atoms with Crippen LogP contribution in [0.15, 0.2) is 66.0 Å². The maximum atomic E-state index is 14.0. The van der Waals surface area contributed by atoms with Crippen molar-refractivity contribution in [3.05, 3.63) is 82.0 Å². The van der Waals surface area contributed by atoms with Crippen molar-refractivity contribution in [3.8, 4) is 5.75 Å². The monoisotopic (exact) mass is 461 g/mol. The summed E-state index contributed by atoms with van der Waals surface area (Å²) in [6, 6.07) is 19.3. The molecule has 5 rings (SSSR count). The lowest BCUT2D eigenvalue weighted by Crippen LogP contribution is -2.53. The number of likely N-dealkylation sites (N-methyl/N-ethyl adjacent to an activating group) is 1. The van der Waals surface area contributed by atoms with Gasteiger partial charge in [0.1, 0.15) is 5.75 Å². The number of rotatable bonds is 4. The number of hydrogen-bond acceptors (Lipinski definition) is 5. The minimum Gasteiger partial charge on any atom is -0.497 e. The molecule has 7 heteroatoms. The Hall–Kier alpha value is -3.32. The third kappa shape index (κ3) is 3.86. The molecule has 1 aromatic heterocycles. The van der Waals surface area contributed by atoms with E-state index in [2.05, 4.69) is 11.0 Å². The summed E-state index contributed by atoms with van der Waals surface area (Å²) < 4.78 is 5.36. The zero-order chi connectivity index (χ0) is 22.9. The number of piperazine rings is 1. The number of carbonyl (C=O) groups is 2. The second kappa shape index (κ2) is 8.90. The summed E-state index contributed by atoms with van der Waals surface area (Å²) in [7, 11) is 3.48. The first kappa shape index (κ1) is 21.5. The number of anilines is 1. The molecule has 0 bridgehead atoms. The van der Waals surface area contributed by atoms with Crippen LogP contribution in [-0.4, -0.2) is 62.0 Å². The summed E-state index contributed by atoms with van der Waals surface area (Å²) >= 11 is 1.59. The molecule has 0 saturated carbocycles. The predicted molar refractivity (Wildman–Crippen MR) is 130 cm³/mol. The first-order chi connectivity index (χ1) is 16.1. The summed E-state index contributed by atoms with van der Waals surface area (Å²) in [6.07, 6.45) is 0. The quantitative estimate of drug-likeness (QED) is 0.589. The summed E-state index contributed by atoms with van der Waals surface area (Å²) in [5.74, 6) is 0.476. The summed E-state index contributed by atoms with van der Waals surface area (Å²) in [6.45, 7) is 2.80. The number of benzene rings is 2. The highest BCUT2D eigenvalue weighted by Crippen LogP contribution is 2.44. The Morgan fingerprint density at radius 3 is 2.52 bits per heavy atom. The van der Waals surface area contributed by atoms with Crippen LogP contribution in [0.5, 0.6) is 5.75 Å². The van der Waals surface area contributed by atoms with Gasteiger partial charge >= 0.3 is 0 Å². The minimum absolute atomic E-state index is 0.0316. The summed E-state index contributed by atoms with van der Waals surface area (Å²) in [5.41, 5.74) is 2.56. The van der Waals surface area contributed by atoms with Crippen LogP contribution >= 0.6 is 11.3 Å². The van der Waals surface area contributed by atoms with Crippen molar-refractivity contribution < 1.29 is 14.3 Å². The predicted octanol–water partition coefficient (Wildman–Crippen LogP) is 4.02. The zero-order valence-corrected chi connectivity index (χ0v) is 19.6. The fourth-order valence-corrected chi connectivity index (χ4v) is 5.85. The number of methoxy groups -OCH3 is 1. The Bertz CT molecular complexity index is 1160. The minimum atomic E-state index is -0.411. The van der Waals surface area contributed by atoms with Crippen LogP contribution < -0.4 is 9.64 Å². The maximum Gasteiger partial charge on any atom is 0.254 e. The lowest BCUT2D eigenvalue weighted by Gasteiger charge is -2.43. The molecular weight excluding hydrogens is 434 g/mol. The number of ether oxygens (including phenoxy) is 1. The maximum absolute atomic E-state index is 14.0. The molecule has 0 spiro atoms. The average molecular weight is 462 g/mol. The van der Waals surface area contributed by atoms with E-state index in [0.29, 0.717) is 18.7 Å². The van der Waals surface area contributed by atoms with Crippen molar-refractivity contribution in [2.24, 2.45) is 0 Å². The van der Waals surface area contributed by atoms with Crippen LogP contribution in [0.2, 0.25) is 0 Å². The van der Waals surface area contributed by atoms with Gasteiger partial charge in [0.05, 0.1) is 19.1 Å². The highest BCUT2D eigenvalue weighted by atomic mass is 32.1. The first-order valence-corrected chi connectivity index (χ1v) is 12.0. The van der Waals surface area contributed by atoms with Gasteiger partial charge in [0, 0.05) is 55.4 Å². The van der Waals surface area contributed by atoms with Crippen molar-refractivity contribution >= 4 is 28.8 Å². The van der Waals surface area contributed by atoms with Crippen molar-refractivity contribution in [1.29, 1.82) is 0 Å². The molecular formula is C26H27N3O3S. The number of carbonyl (C=O) groups excluding carboxylic acids is 2. The van der Waals surface area contributed by atoms with Gasteiger partial charge < -0.3 is 19.4 Å². The standard InChI is InChI=1S/C26H27N3O3S/c1-27-24(22-11-6-16-33-22)23(20-9-3-4-10-21(20)25(27)30)26(31)29-14-12-28(13-15-29)18-7-5-8-19(17-18)32-2/h3-11,16-17,23-24H,12-15H2,1-2H3/t23-,24+/m1/s1. The van der Waals surface area contributed by atoms with Gasteiger partial charge in [-0.05, 0) is 35.2 Å². The second-order valence-corrected chi connectivity index (χ2v) is 9.43. The molecule has 0 unspecified atom stereocenters. The van der Waals surface area contributed by atoms with E-state index < -0.39 is 5.92 Å². The molecule has 3 aromatic rings. The number of nitrogens with zero attached hydrogens (tertiary/aromatic N) is 3. The van der Waals surface area contributed by atoms with E-state index in [1.807, 2.05) is 71.9 Å². The fraction of sp³-hybridized carbons (Fsp3) is 0.308. The Morgan fingerprint density at radius 1 is 1.00 bits per heavy atom. The van der Waals surface area contributed by atoms with Gasteiger partial charge in [-0.25, -0.2) is 0 Å². The van der Waals surface area contributed by atoms with Gasteiger partial charge in [-0.2, -0.15) is 0 Å². The Morgan fingerprint density at radius 2 is 1.79 bits per heavy atom. The molecule has 0 aliphatic carbocycles. The summed E-state index contributed by atoms with van der Waals surface area (Å²) in [5, 5.41) is 2.00. The molecule has 2 aromatic carbocycles. The number of amides is 2. The van der Waals surface area contributed by atoms with Gasteiger partial charge in [-0.3, -0.25) is 9.59 Å². The van der Waals surface area contributed by atoms with Gasteiger partial charge in [0.25, 0.3) is 5.91 Å². The second-order valence-electron chi connectivity index (χ2n) is 8.46. The fourth-order valence-electron chi connectivity index (χ4n) is 4.94. The van der Waals surface area contributed by atoms with E-state index in [1.54, 1.807) is 23.3 Å². The van der Waals surface area contributed by atoms with Gasteiger partial charge in [-0.15, -0.1) is 11.3 Å². The topological polar surface area (TPSA) is 53.1 Å². The molecule has 0 N–H and O–H groups in total. The molecule has 3 heterocycles. The molecule has 2 aliphatic rings. The zero-order valence-electron chi connectivity index (χ0n) is 18.8. The van der Waals surface area contributed by atoms with E-state index in [-0.39, 0.29) is 17.9 Å². The van der Waals surface area contributed by atoms with E-state index in [4.69, 9.17) is 4.74 Å². The number of fused-ring (bicyclic) bond motifs is 1. The lowest BCUT2D eigenvalue weighted by molar-refractivity contribution is -0.134. The van der Waals surface area contributed by atoms with Gasteiger partial charge in [0.15, 0.2) is 0 Å². The average Bonchev–Trinajstić information content (AvgIpc) is 3.40. The third-order valence-electron chi connectivity index (χ3n) is 6.69. The van der Waals surface area contributed by atoms with Crippen LogP contribution in [0.1, 0.15) is 32.8 Å². The van der Waals surface area contributed by atoms with Crippen LogP contribution in [0.25, 0.3) is 0 Å². The molecule has 33 heavy (non-hydrogen) atoms. The van der Waals surface area contributed by atoms with E-state index in [0.717, 1.165) is 35.0 Å². The molecule has 170 valence electrons. The third-order valence-corrected chi connectivity index (χ3v) is 7.63. The summed E-state index contributed by atoms with van der Waals surface area (Å²) in [4.78, 5) is 34.1. The first-order valence-electron chi connectivity index (χ1n) is 11.2.